The first kappa shape index (κ1) is 16.4. The molecule has 0 radical (unpaired) electrons. The van der Waals surface area contributed by atoms with E-state index in [0.717, 1.165) is 19.4 Å². The molecule has 0 saturated carbocycles. The lowest BCUT2D eigenvalue weighted by Crippen LogP contribution is -2.15. The van der Waals surface area contributed by atoms with Gasteiger partial charge in [-0.2, -0.15) is 0 Å². The van der Waals surface area contributed by atoms with Crippen molar-refractivity contribution in [1.29, 1.82) is 0 Å². The summed E-state index contributed by atoms with van der Waals surface area (Å²) in [6.07, 6.45) is 1.90. The third-order valence-corrected chi connectivity index (χ3v) is 3.47. The van der Waals surface area contributed by atoms with Crippen LogP contribution < -0.4 is 5.32 Å². The van der Waals surface area contributed by atoms with Gasteiger partial charge in [0.25, 0.3) is 5.69 Å². The zero-order valence-corrected chi connectivity index (χ0v) is 12.5. The Balaban J connectivity index is 1.83. The van der Waals surface area contributed by atoms with Gasteiger partial charge >= 0.3 is 0 Å². The molecular formula is C15H20N2O5. The molecule has 0 aromatic heterocycles. The summed E-state index contributed by atoms with van der Waals surface area (Å²) in [5.41, 5.74) is 0.863. The minimum atomic E-state index is -0.506. The van der Waals surface area contributed by atoms with E-state index in [1.165, 1.54) is 19.1 Å². The lowest BCUT2D eigenvalue weighted by Gasteiger charge is -2.12. The van der Waals surface area contributed by atoms with Crippen molar-refractivity contribution in [2.45, 2.75) is 25.9 Å². The van der Waals surface area contributed by atoms with Crippen LogP contribution in [0, 0.1) is 10.1 Å². The minimum Gasteiger partial charge on any atom is -0.384 e. The standard InChI is InChI=1S/C15H20N2O5/c1-11(18)14-9-12(17(19)20)3-4-15(14)16-6-2-7-22-13-5-8-21-10-13/h3-4,9,13,16H,2,5-8,10H2,1H3/t13-/m0/s1. The van der Waals surface area contributed by atoms with Gasteiger partial charge in [0.15, 0.2) is 5.78 Å². The molecule has 0 spiro atoms. The SMILES string of the molecule is CC(=O)c1cc([N+](=O)[O-])ccc1NCCCO[C@H]1CCOC1. The predicted octanol–water partition coefficient (Wildman–Crippen LogP) is 2.40. The second-order valence-electron chi connectivity index (χ2n) is 5.18. The van der Waals surface area contributed by atoms with Crippen molar-refractivity contribution >= 4 is 17.2 Å². The molecule has 120 valence electrons. The summed E-state index contributed by atoms with van der Waals surface area (Å²) in [6.45, 7) is 4.06. The number of ether oxygens (including phenoxy) is 2. The van der Waals surface area contributed by atoms with Crippen LogP contribution in [-0.2, 0) is 9.47 Å². The highest BCUT2D eigenvalue weighted by atomic mass is 16.6. The fraction of sp³-hybridized carbons (Fsp3) is 0.533. The molecule has 1 aliphatic heterocycles. The Morgan fingerprint density at radius 1 is 1.55 bits per heavy atom. The van der Waals surface area contributed by atoms with Crippen molar-refractivity contribution in [3.63, 3.8) is 0 Å². The number of rotatable bonds is 8. The number of hydrogen-bond acceptors (Lipinski definition) is 6. The van der Waals surface area contributed by atoms with Crippen LogP contribution in [0.2, 0.25) is 0 Å². The average Bonchev–Trinajstić information content (AvgIpc) is 3.00. The first-order valence-electron chi connectivity index (χ1n) is 7.30. The number of Topliss-reactive ketones (excluding diaryl/α,β-unsaturated/α-hetero) is 1. The molecule has 0 unspecified atom stereocenters. The van der Waals surface area contributed by atoms with Gasteiger partial charge in [0.1, 0.15) is 0 Å². The first-order valence-corrected chi connectivity index (χ1v) is 7.30. The third-order valence-electron chi connectivity index (χ3n) is 3.47. The van der Waals surface area contributed by atoms with E-state index in [9.17, 15) is 14.9 Å². The zero-order valence-electron chi connectivity index (χ0n) is 12.5. The fourth-order valence-electron chi connectivity index (χ4n) is 2.28. The Kier molecular flexibility index (Phi) is 5.85. The molecule has 7 heteroatoms. The van der Waals surface area contributed by atoms with Crippen LogP contribution in [0.25, 0.3) is 0 Å². The summed E-state index contributed by atoms with van der Waals surface area (Å²) in [7, 11) is 0. The van der Waals surface area contributed by atoms with Crippen molar-refractivity contribution in [2.75, 3.05) is 31.7 Å². The maximum Gasteiger partial charge on any atom is 0.270 e. The summed E-state index contributed by atoms with van der Waals surface area (Å²) in [6, 6.07) is 4.26. The summed E-state index contributed by atoms with van der Waals surface area (Å²) in [4.78, 5) is 21.9. The van der Waals surface area contributed by atoms with Crippen molar-refractivity contribution in [3.8, 4) is 0 Å². The summed E-state index contributed by atoms with van der Waals surface area (Å²) in [5, 5.41) is 13.9. The smallest absolute Gasteiger partial charge is 0.270 e. The predicted molar refractivity (Wildman–Crippen MR) is 81.4 cm³/mol. The number of nitrogens with zero attached hydrogens (tertiary/aromatic N) is 1. The molecule has 1 heterocycles. The van der Waals surface area contributed by atoms with E-state index in [2.05, 4.69) is 5.32 Å². The number of hydrogen-bond donors (Lipinski definition) is 1. The monoisotopic (exact) mass is 308 g/mol. The highest BCUT2D eigenvalue weighted by Gasteiger charge is 2.16. The van der Waals surface area contributed by atoms with Crippen molar-refractivity contribution in [1.82, 2.24) is 0 Å². The molecule has 0 amide bonds. The van der Waals surface area contributed by atoms with E-state index in [-0.39, 0.29) is 17.6 Å². The van der Waals surface area contributed by atoms with Crippen LogP contribution >= 0.6 is 0 Å². The normalized spacial score (nSPS) is 17.4. The van der Waals surface area contributed by atoms with Crippen LogP contribution in [0.3, 0.4) is 0 Å². The van der Waals surface area contributed by atoms with Gasteiger partial charge in [0.2, 0.25) is 0 Å². The van der Waals surface area contributed by atoms with Crippen LogP contribution in [0.15, 0.2) is 18.2 Å². The quantitative estimate of drug-likeness (QED) is 0.343. The van der Waals surface area contributed by atoms with Gasteiger partial charge < -0.3 is 14.8 Å². The van der Waals surface area contributed by atoms with Gasteiger partial charge in [0.05, 0.1) is 17.6 Å². The van der Waals surface area contributed by atoms with E-state index in [0.29, 0.717) is 31.0 Å². The van der Waals surface area contributed by atoms with Crippen molar-refractivity contribution < 1.29 is 19.2 Å². The van der Waals surface area contributed by atoms with E-state index in [1.54, 1.807) is 6.07 Å². The maximum atomic E-state index is 11.6. The summed E-state index contributed by atoms with van der Waals surface area (Å²) in [5.74, 6) is -0.203. The van der Waals surface area contributed by atoms with E-state index >= 15 is 0 Å². The molecule has 2 rings (SSSR count). The zero-order chi connectivity index (χ0) is 15.9. The third kappa shape index (κ3) is 4.51. The van der Waals surface area contributed by atoms with Crippen LogP contribution in [-0.4, -0.2) is 43.2 Å². The molecule has 1 aromatic carbocycles. The number of carbonyl (C=O) groups excluding carboxylic acids is 1. The molecule has 7 nitrogen and oxygen atoms in total. The van der Waals surface area contributed by atoms with Crippen molar-refractivity contribution in [3.05, 3.63) is 33.9 Å². The van der Waals surface area contributed by atoms with Gasteiger partial charge in [-0.15, -0.1) is 0 Å². The van der Waals surface area contributed by atoms with E-state index in [1.807, 2.05) is 0 Å². The molecule has 1 N–H and O–H groups in total. The molecule has 1 aliphatic rings. The lowest BCUT2D eigenvalue weighted by molar-refractivity contribution is -0.384. The summed E-state index contributed by atoms with van der Waals surface area (Å²) >= 11 is 0. The lowest BCUT2D eigenvalue weighted by atomic mass is 10.1. The molecule has 1 aromatic rings. The Morgan fingerprint density at radius 2 is 2.36 bits per heavy atom. The number of anilines is 1. The topological polar surface area (TPSA) is 90.7 Å². The number of nitro groups is 1. The van der Waals surface area contributed by atoms with Crippen LogP contribution in [0.5, 0.6) is 0 Å². The number of non-ortho nitro benzene ring substituents is 1. The Morgan fingerprint density at radius 3 is 3.00 bits per heavy atom. The maximum absolute atomic E-state index is 11.6. The average molecular weight is 308 g/mol. The molecule has 1 fully saturated rings. The second kappa shape index (κ2) is 7.86. The number of nitro benzene ring substituents is 1. The van der Waals surface area contributed by atoms with Crippen LogP contribution in [0.4, 0.5) is 11.4 Å². The van der Waals surface area contributed by atoms with Crippen LogP contribution in [0.1, 0.15) is 30.1 Å². The van der Waals surface area contributed by atoms with Gasteiger partial charge in [0, 0.05) is 43.1 Å². The van der Waals surface area contributed by atoms with Gasteiger partial charge in [-0.3, -0.25) is 14.9 Å². The van der Waals surface area contributed by atoms with Gasteiger partial charge in [-0.1, -0.05) is 0 Å². The van der Waals surface area contributed by atoms with Gasteiger partial charge in [-0.25, -0.2) is 0 Å². The Labute approximate surface area is 128 Å². The molecule has 1 atom stereocenters. The van der Waals surface area contributed by atoms with Crippen molar-refractivity contribution in [2.24, 2.45) is 0 Å². The second-order valence-corrected chi connectivity index (χ2v) is 5.18. The molecule has 0 aliphatic carbocycles. The largest absolute Gasteiger partial charge is 0.384 e. The number of nitrogens with one attached hydrogen (secondary N) is 1. The molecule has 1 saturated heterocycles. The van der Waals surface area contributed by atoms with Gasteiger partial charge in [-0.05, 0) is 25.8 Å². The number of ketones is 1. The molecule has 22 heavy (non-hydrogen) atoms. The highest BCUT2D eigenvalue weighted by molar-refractivity contribution is 6.00. The first-order chi connectivity index (χ1) is 10.6. The molecular weight excluding hydrogens is 288 g/mol. The minimum absolute atomic E-state index is 0.0830. The fourth-order valence-corrected chi connectivity index (χ4v) is 2.28. The number of carbonyl (C=O) groups is 1. The van der Waals surface area contributed by atoms with E-state index in [4.69, 9.17) is 9.47 Å². The Hall–Kier alpha value is -1.99. The summed E-state index contributed by atoms with van der Waals surface area (Å²) < 4.78 is 10.9. The Bertz CT molecular complexity index is 541. The highest BCUT2D eigenvalue weighted by Crippen LogP contribution is 2.22. The van der Waals surface area contributed by atoms with E-state index < -0.39 is 4.92 Å². The number of benzene rings is 1. The molecule has 0 bridgehead atoms.